The van der Waals surface area contributed by atoms with E-state index in [1.54, 1.807) is 0 Å². The molecule has 0 amide bonds. The van der Waals surface area contributed by atoms with Gasteiger partial charge in [-0.3, -0.25) is 5.84 Å². The molecule has 2 nitrogen and oxygen atoms in total. The number of hydrazine groups is 1. The maximum absolute atomic E-state index is 5.55. The number of hydrogen-bond acceptors (Lipinski definition) is 2. The summed E-state index contributed by atoms with van der Waals surface area (Å²) in [4.78, 5) is 0. The second kappa shape index (κ2) is 1.31. The summed E-state index contributed by atoms with van der Waals surface area (Å²) in [6.07, 6.45) is 6.55. The van der Waals surface area contributed by atoms with E-state index >= 15 is 0 Å². The SMILES string of the molecule is C#CC12CC1CN(N)C2. The lowest BCUT2D eigenvalue weighted by molar-refractivity contribution is 0.307. The van der Waals surface area contributed by atoms with Gasteiger partial charge in [-0.25, -0.2) is 5.01 Å². The number of nitrogens with two attached hydrogens (primary N) is 1. The maximum Gasteiger partial charge on any atom is 0.0497 e. The topological polar surface area (TPSA) is 29.3 Å². The molecule has 1 aliphatic carbocycles. The van der Waals surface area contributed by atoms with E-state index < -0.39 is 0 Å². The standard InChI is InChI=1S/C7H10N2/c1-2-7-3-6(7)4-9(8)5-7/h1,6H,3-5,8H2. The Balaban J connectivity index is 2.16. The third kappa shape index (κ3) is 0.536. The summed E-state index contributed by atoms with van der Waals surface area (Å²) in [6, 6.07) is 0. The van der Waals surface area contributed by atoms with Gasteiger partial charge in [0.1, 0.15) is 0 Å². The summed E-state index contributed by atoms with van der Waals surface area (Å²) in [5.41, 5.74) is 0.203. The zero-order chi connectivity index (χ0) is 6.48. The molecule has 9 heavy (non-hydrogen) atoms. The highest BCUT2D eigenvalue weighted by atomic mass is 15.4. The van der Waals surface area contributed by atoms with Crippen molar-refractivity contribution >= 4 is 0 Å². The average molecular weight is 122 g/mol. The molecular weight excluding hydrogens is 112 g/mol. The van der Waals surface area contributed by atoms with Crippen LogP contribution in [0.25, 0.3) is 0 Å². The predicted molar refractivity (Wildman–Crippen MR) is 35.1 cm³/mol. The van der Waals surface area contributed by atoms with Crippen LogP contribution in [0.1, 0.15) is 6.42 Å². The van der Waals surface area contributed by atoms with E-state index in [0.717, 1.165) is 13.1 Å². The summed E-state index contributed by atoms with van der Waals surface area (Å²) < 4.78 is 0. The van der Waals surface area contributed by atoms with E-state index in [9.17, 15) is 0 Å². The van der Waals surface area contributed by atoms with Crippen molar-refractivity contribution in [1.82, 2.24) is 5.01 Å². The third-order valence-corrected chi connectivity index (χ3v) is 2.46. The highest BCUT2D eigenvalue weighted by Gasteiger charge is 2.58. The van der Waals surface area contributed by atoms with E-state index in [-0.39, 0.29) is 5.41 Å². The van der Waals surface area contributed by atoms with Crippen LogP contribution in [-0.4, -0.2) is 18.1 Å². The fraction of sp³-hybridized carbons (Fsp3) is 0.714. The van der Waals surface area contributed by atoms with Crippen LogP contribution in [0.15, 0.2) is 0 Å². The minimum absolute atomic E-state index is 0.203. The van der Waals surface area contributed by atoms with E-state index in [1.165, 1.54) is 6.42 Å². The Morgan fingerprint density at radius 3 is 2.89 bits per heavy atom. The Hall–Kier alpha value is -0.520. The number of rotatable bonds is 0. The summed E-state index contributed by atoms with van der Waals surface area (Å²) >= 11 is 0. The Morgan fingerprint density at radius 2 is 2.56 bits per heavy atom. The molecule has 0 aromatic rings. The molecule has 0 aromatic carbocycles. The number of piperidine rings is 1. The van der Waals surface area contributed by atoms with Gasteiger partial charge < -0.3 is 0 Å². The number of fused-ring (bicyclic) bond motifs is 1. The van der Waals surface area contributed by atoms with Crippen molar-refractivity contribution in [2.75, 3.05) is 13.1 Å². The van der Waals surface area contributed by atoms with Gasteiger partial charge in [0, 0.05) is 18.5 Å². The molecule has 2 rings (SSSR count). The zero-order valence-corrected chi connectivity index (χ0v) is 5.30. The molecule has 48 valence electrons. The van der Waals surface area contributed by atoms with Crippen LogP contribution < -0.4 is 5.84 Å². The first kappa shape index (κ1) is 5.28. The van der Waals surface area contributed by atoms with Crippen molar-refractivity contribution in [3.63, 3.8) is 0 Å². The highest BCUT2D eigenvalue weighted by molar-refractivity contribution is 5.24. The van der Waals surface area contributed by atoms with Crippen molar-refractivity contribution in [3.8, 4) is 12.3 Å². The highest BCUT2D eigenvalue weighted by Crippen LogP contribution is 2.56. The third-order valence-electron chi connectivity index (χ3n) is 2.46. The lowest BCUT2D eigenvalue weighted by Gasteiger charge is -2.09. The van der Waals surface area contributed by atoms with Gasteiger partial charge >= 0.3 is 0 Å². The minimum Gasteiger partial charge on any atom is -0.269 e. The fourth-order valence-electron chi connectivity index (χ4n) is 1.75. The van der Waals surface area contributed by atoms with Crippen molar-refractivity contribution in [2.24, 2.45) is 17.2 Å². The summed E-state index contributed by atoms with van der Waals surface area (Å²) in [5.74, 6) is 9.09. The second-order valence-electron chi connectivity index (χ2n) is 3.13. The monoisotopic (exact) mass is 122 g/mol. The Morgan fingerprint density at radius 1 is 1.78 bits per heavy atom. The first-order chi connectivity index (χ1) is 4.27. The summed E-state index contributed by atoms with van der Waals surface area (Å²) in [7, 11) is 0. The zero-order valence-electron chi connectivity index (χ0n) is 5.30. The second-order valence-corrected chi connectivity index (χ2v) is 3.13. The molecule has 1 saturated heterocycles. The van der Waals surface area contributed by atoms with Gasteiger partial charge in [-0.1, -0.05) is 5.92 Å². The number of terminal acetylenes is 1. The first-order valence-electron chi connectivity index (χ1n) is 3.24. The normalized spacial score (nSPS) is 48.2. The van der Waals surface area contributed by atoms with Crippen LogP contribution in [0.4, 0.5) is 0 Å². The van der Waals surface area contributed by atoms with Crippen LogP contribution in [0.3, 0.4) is 0 Å². The number of nitrogens with zero attached hydrogens (tertiary/aromatic N) is 1. The van der Waals surface area contributed by atoms with E-state index in [4.69, 9.17) is 12.3 Å². The average Bonchev–Trinajstić information content (AvgIpc) is 2.38. The molecule has 2 atom stereocenters. The van der Waals surface area contributed by atoms with Gasteiger partial charge in [-0.2, -0.15) is 0 Å². The van der Waals surface area contributed by atoms with Crippen molar-refractivity contribution in [3.05, 3.63) is 0 Å². The lowest BCUT2D eigenvalue weighted by Crippen LogP contribution is -2.31. The molecule has 2 heteroatoms. The van der Waals surface area contributed by atoms with Crippen LogP contribution in [0.5, 0.6) is 0 Å². The smallest absolute Gasteiger partial charge is 0.0497 e. The van der Waals surface area contributed by atoms with Gasteiger partial charge in [-0.15, -0.1) is 6.42 Å². The molecule has 1 aliphatic heterocycles. The minimum atomic E-state index is 0.203. The molecule has 2 N–H and O–H groups in total. The van der Waals surface area contributed by atoms with E-state index in [0.29, 0.717) is 5.92 Å². The maximum atomic E-state index is 5.55. The molecule has 0 aromatic heterocycles. The van der Waals surface area contributed by atoms with Crippen LogP contribution in [0, 0.1) is 23.7 Å². The molecule has 2 fully saturated rings. The molecule has 0 radical (unpaired) electrons. The molecule has 0 bridgehead atoms. The Labute approximate surface area is 55.0 Å². The molecule has 0 spiro atoms. The quantitative estimate of drug-likeness (QED) is 0.356. The molecular formula is C7H10N2. The van der Waals surface area contributed by atoms with Crippen molar-refractivity contribution in [1.29, 1.82) is 0 Å². The van der Waals surface area contributed by atoms with Crippen molar-refractivity contribution in [2.45, 2.75) is 6.42 Å². The van der Waals surface area contributed by atoms with Gasteiger partial charge in [0.15, 0.2) is 0 Å². The van der Waals surface area contributed by atoms with Crippen LogP contribution >= 0.6 is 0 Å². The first-order valence-corrected chi connectivity index (χ1v) is 3.24. The Kier molecular flexibility index (Phi) is 0.769. The van der Waals surface area contributed by atoms with Crippen molar-refractivity contribution < 1.29 is 0 Å². The van der Waals surface area contributed by atoms with Crippen LogP contribution in [-0.2, 0) is 0 Å². The fourth-order valence-corrected chi connectivity index (χ4v) is 1.75. The predicted octanol–water partition coefficient (Wildman–Crippen LogP) is -0.185. The number of hydrogen-bond donors (Lipinski definition) is 1. The molecule has 2 unspecified atom stereocenters. The molecule has 2 aliphatic rings. The largest absolute Gasteiger partial charge is 0.269 e. The molecule has 1 saturated carbocycles. The molecule has 1 heterocycles. The van der Waals surface area contributed by atoms with Gasteiger partial charge in [-0.05, 0) is 12.3 Å². The van der Waals surface area contributed by atoms with Gasteiger partial charge in [0.25, 0.3) is 0 Å². The van der Waals surface area contributed by atoms with E-state index in [1.807, 2.05) is 5.01 Å². The van der Waals surface area contributed by atoms with E-state index in [2.05, 4.69) is 5.92 Å². The summed E-state index contributed by atoms with van der Waals surface area (Å²) in [6.45, 7) is 1.92. The Bertz CT molecular complexity index is 182. The van der Waals surface area contributed by atoms with Crippen LogP contribution in [0.2, 0.25) is 0 Å². The summed E-state index contributed by atoms with van der Waals surface area (Å²) in [5, 5.41) is 1.83. The van der Waals surface area contributed by atoms with Gasteiger partial charge in [0.05, 0.1) is 0 Å². The lowest BCUT2D eigenvalue weighted by atomic mass is 10.1. The van der Waals surface area contributed by atoms with Gasteiger partial charge in [0.2, 0.25) is 0 Å².